The summed E-state index contributed by atoms with van der Waals surface area (Å²) in [6, 6.07) is 7.26. The lowest BCUT2D eigenvalue weighted by atomic mass is 10.2. The van der Waals surface area contributed by atoms with Crippen LogP contribution >= 0.6 is 11.6 Å². The average molecular weight is 269 g/mol. The van der Waals surface area contributed by atoms with E-state index in [1.54, 1.807) is 12.1 Å². The highest BCUT2D eigenvalue weighted by Crippen LogP contribution is 2.13. The fourth-order valence-electron chi connectivity index (χ4n) is 1.85. The molecule has 1 aromatic rings. The van der Waals surface area contributed by atoms with Crippen molar-refractivity contribution in [3.05, 3.63) is 29.3 Å². The molecule has 5 heteroatoms. The summed E-state index contributed by atoms with van der Waals surface area (Å²) < 4.78 is 5.43. The molecule has 18 heavy (non-hydrogen) atoms. The summed E-state index contributed by atoms with van der Waals surface area (Å²) in [7, 11) is 0. The van der Waals surface area contributed by atoms with Crippen LogP contribution in [-0.2, 0) is 9.53 Å². The summed E-state index contributed by atoms with van der Waals surface area (Å²) in [6.45, 7) is 1.67. The van der Waals surface area contributed by atoms with Crippen LogP contribution in [0.3, 0.4) is 0 Å². The van der Waals surface area contributed by atoms with E-state index in [1.165, 1.54) is 0 Å². The Hall–Kier alpha value is -1.26. The first kappa shape index (κ1) is 13.2. The molecule has 0 aliphatic carbocycles. The third-order valence-corrected chi connectivity index (χ3v) is 3.10. The standard InChI is InChI=1S/C13H17ClN2O2/c14-10-3-5-11(6-4-10)15-9-13(17)16-8-12-2-1-7-18-12/h3-6,12,15H,1-2,7-9H2,(H,16,17)/t12-/m1/s1. The quantitative estimate of drug-likeness (QED) is 0.859. The second-order valence-corrected chi connectivity index (χ2v) is 4.74. The number of rotatable bonds is 5. The summed E-state index contributed by atoms with van der Waals surface area (Å²) in [5.74, 6) is -0.0274. The minimum Gasteiger partial charge on any atom is -0.376 e. The van der Waals surface area contributed by atoms with E-state index in [9.17, 15) is 4.79 Å². The van der Waals surface area contributed by atoms with Crippen LogP contribution in [0.2, 0.25) is 5.02 Å². The van der Waals surface area contributed by atoms with Gasteiger partial charge in [-0.05, 0) is 37.1 Å². The van der Waals surface area contributed by atoms with Gasteiger partial charge in [0.15, 0.2) is 0 Å². The van der Waals surface area contributed by atoms with Gasteiger partial charge in [-0.25, -0.2) is 0 Å². The highest BCUT2D eigenvalue weighted by atomic mass is 35.5. The summed E-state index contributed by atoms with van der Waals surface area (Å²) in [4.78, 5) is 11.6. The zero-order valence-electron chi connectivity index (χ0n) is 10.1. The predicted molar refractivity (Wildman–Crippen MR) is 71.9 cm³/mol. The molecular formula is C13H17ClN2O2. The molecule has 1 fully saturated rings. The molecule has 0 spiro atoms. The zero-order chi connectivity index (χ0) is 12.8. The summed E-state index contributed by atoms with van der Waals surface area (Å²) >= 11 is 5.78. The van der Waals surface area contributed by atoms with Crippen molar-refractivity contribution in [2.45, 2.75) is 18.9 Å². The number of halogens is 1. The Morgan fingerprint density at radius 3 is 2.83 bits per heavy atom. The molecule has 0 radical (unpaired) electrons. The molecule has 1 amide bonds. The predicted octanol–water partition coefficient (Wildman–Crippen LogP) is 2.05. The van der Waals surface area contributed by atoms with Crippen molar-refractivity contribution >= 4 is 23.2 Å². The van der Waals surface area contributed by atoms with E-state index >= 15 is 0 Å². The lowest BCUT2D eigenvalue weighted by molar-refractivity contribution is -0.119. The third kappa shape index (κ3) is 4.20. The SMILES string of the molecule is O=C(CNc1ccc(Cl)cc1)NC[C@H]1CCCO1. The third-order valence-electron chi connectivity index (χ3n) is 2.85. The van der Waals surface area contributed by atoms with E-state index in [1.807, 2.05) is 12.1 Å². The first-order chi connectivity index (χ1) is 8.74. The van der Waals surface area contributed by atoms with E-state index in [2.05, 4.69) is 10.6 Å². The van der Waals surface area contributed by atoms with Crippen LogP contribution in [0, 0.1) is 0 Å². The van der Waals surface area contributed by atoms with Gasteiger partial charge in [0, 0.05) is 23.9 Å². The lowest BCUT2D eigenvalue weighted by Crippen LogP contribution is -2.35. The van der Waals surface area contributed by atoms with Gasteiger partial charge in [0.05, 0.1) is 12.6 Å². The van der Waals surface area contributed by atoms with Crippen molar-refractivity contribution < 1.29 is 9.53 Å². The van der Waals surface area contributed by atoms with Crippen LogP contribution in [0.15, 0.2) is 24.3 Å². The van der Waals surface area contributed by atoms with Crippen LogP contribution in [-0.4, -0.2) is 31.7 Å². The number of nitrogens with one attached hydrogen (secondary N) is 2. The zero-order valence-corrected chi connectivity index (χ0v) is 10.9. The van der Waals surface area contributed by atoms with Gasteiger partial charge in [-0.3, -0.25) is 4.79 Å². The molecule has 0 aromatic heterocycles. The number of benzene rings is 1. The Morgan fingerprint density at radius 1 is 1.39 bits per heavy atom. The number of carbonyl (C=O) groups excluding carboxylic acids is 1. The Labute approximate surface area is 112 Å². The van der Waals surface area contributed by atoms with Gasteiger partial charge in [0.25, 0.3) is 0 Å². The Kier molecular flexibility index (Phi) is 4.84. The normalized spacial score (nSPS) is 18.6. The Morgan fingerprint density at radius 2 is 2.17 bits per heavy atom. The summed E-state index contributed by atoms with van der Waals surface area (Å²) in [5.41, 5.74) is 0.881. The first-order valence-electron chi connectivity index (χ1n) is 6.12. The highest BCUT2D eigenvalue weighted by Gasteiger charge is 2.15. The minimum absolute atomic E-state index is 0.0274. The maximum absolute atomic E-state index is 11.6. The molecule has 1 heterocycles. The monoisotopic (exact) mass is 268 g/mol. The molecule has 0 unspecified atom stereocenters. The summed E-state index contributed by atoms with van der Waals surface area (Å²) in [6.07, 6.45) is 2.30. The highest BCUT2D eigenvalue weighted by molar-refractivity contribution is 6.30. The minimum atomic E-state index is -0.0274. The lowest BCUT2D eigenvalue weighted by Gasteiger charge is -2.11. The van der Waals surface area contributed by atoms with E-state index in [0.29, 0.717) is 11.6 Å². The van der Waals surface area contributed by atoms with Crippen molar-refractivity contribution in [2.24, 2.45) is 0 Å². The molecule has 4 nitrogen and oxygen atoms in total. The van der Waals surface area contributed by atoms with Crippen LogP contribution in [0.5, 0.6) is 0 Å². The summed E-state index contributed by atoms with van der Waals surface area (Å²) in [5, 5.41) is 6.57. The van der Waals surface area contributed by atoms with Crippen LogP contribution < -0.4 is 10.6 Å². The van der Waals surface area contributed by atoms with Crippen molar-refractivity contribution in [3.63, 3.8) is 0 Å². The van der Waals surface area contributed by atoms with Gasteiger partial charge in [-0.15, -0.1) is 0 Å². The van der Waals surface area contributed by atoms with Gasteiger partial charge in [0.1, 0.15) is 0 Å². The van der Waals surface area contributed by atoms with E-state index < -0.39 is 0 Å². The second-order valence-electron chi connectivity index (χ2n) is 4.30. The van der Waals surface area contributed by atoms with Crippen LogP contribution in [0.25, 0.3) is 0 Å². The molecule has 1 saturated heterocycles. The van der Waals surface area contributed by atoms with E-state index in [4.69, 9.17) is 16.3 Å². The maximum atomic E-state index is 11.6. The average Bonchev–Trinajstić information content (AvgIpc) is 2.89. The molecule has 1 aliphatic rings. The second kappa shape index (κ2) is 6.61. The van der Waals surface area contributed by atoms with Gasteiger partial charge >= 0.3 is 0 Å². The van der Waals surface area contributed by atoms with Gasteiger partial charge in [0.2, 0.25) is 5.91 Å². The smallest absolute Gasteiger partial charge is 0.239 e. The van der Waals surface area contributed by atoms with Crippen molar-refractivity contribution in [3.8, 4) is 0 Å². The van der Waals surface area contributed by atoms with Crippen LogP contribution in [0.4, 0.5) is 5.69 Å². The van der Waals surface area contributed by atoms with Crippen LogP contribution in [0.1, 0.15) is 12.8 Å². The van der Waals surface area contributed by atoms with E-state index in [-0.39, 0.29) is 18.6 Å². The largest absolute Gasteiger partial charge is 0.376 e. The van der Waals surface area contributed by atoms with E-state index in [0.717, 1.165) is 25.1 Å². The van der Waals surface area contributed by atoms with Gasteiger partial charge in [-0.1, -0.05) is 11.6 Å². The Bertz CT molecular complexity index is 388. The molecule has 1 aromatic carbocycles. The number of ether oxygens (including phenoxy) is 1. The topological polar surface area (TPSA) is 50.4 Å². The van der Waals surface area contributed by atoms with Crippen molar-refractivity contribution in [1.29, 1.82) is 0 Å². The molecule has 0 saturated carbocycles. The fraction of sp³-hybridized carbons (Fsp3) is 0.462. The number of hydrogen-bond donors (Lipinski definition) is 2. The first-order valence-corrected chi connectivity index (χ1v) is 6.49. The van der Waals surface area contributed by atoms with Gasteiger partial charge in [-0.2, -0.15) is 0 Å². The molecule has 1 atom stereocenters. The van der Waals surface area contributed by atoms with Crippen molar-refractivity contribution in [2.75, 3.05) is 25.0 Å². The molecule has 2 N–H and O–H groups in total. The van der Waals surface area contributed by atoms with Gasteiger partial charge < -0.3 is 15.4 Å². The molecule has 1 aliphatic heterocycles. The fourth-order valence-corrected chi connectivity index (χ4v) is 1.97. The number of carbonyl (C=O) groups is 1. The maximum Gasteiger partial charge on any atom is 0.239 e. The molecule has 0 bridgehead atoms. The number of anilines is 1. The number of amides is 1. The molecule has 2 rings (SSSR count). The molecule has 98 valence electrons. The Balaban J connectivity index is 1.66. The number of hydrogen-bond acceptors (Lipinski definition) is 3. The van der Waals surface area contributed by atoms with Crippen molar-refractivity contribution in [1.82, 2.24) is 5.32 Å². The molecular weight excluding hydrogens is 252 g/mol.